The van der Waals surface area contributed by atoms with Gasteiger partial charge in [-0.25, -0.2) is 5.26 Å². The first kappa shape index (κ1) is 10.7. The van der Waals surface area contributed by atoms with Crippen LogP contribution in [0.3, 0.4) is 0 Å². The third-order valence-electron chi connectivity index (χ3n) is 0.0942. The maximum atomic E-state index is 9.08. The molecule has 0 aromatic carbocycles. The standard InChI is InChI=1S/Na.H2O5S/c;1-5-6(2,3)4/h;1H,(H,2,3,4). The summed E-state index contributed by atoms with van der Waals surface area (Å²) in [5.74, 6) is 0. The monoisotopic (exact) mass is 137 g/mol. The number of rotatable bonds is 1. The Balaban J connectivity index is 0. The Kier molecular flexibility index (Phi) is 5.81. The molecule has 39 valence electrons. The largest absolute Gasteiger partial charge is 0.423 e. The second-order valence-corrected chi connectivity index (χ2v) is 1.51. The minimum Gasteiger partial charge on any atom is -0.262 e. The zero-order valence-corrected chi connectivity index (χ0v) is 6.34. The Labute approximate surface area is 62.5 Å². The van der Waals surface area contributed by atoms with Crippen LogP contribution in [0.2, 0.25) is 0 Å². The van der Waals surface area contributed by atoms with Crippen molar-refractivity contribution in [2.45, 2.75) is 0 Å². The van der Waals surface area contributed by atoms with Gasteiger partial charge in [-0.1, -0.05) is 4.33 Å². The Hall–Kier alpha value is 0.830. The van der Waals surface area contributed by atoms with E-state index >= 15 is 0 Å². The fourth-order valence-electron chi connectivity index (χ4n) is 0. The molecule has 0 aliphatic heterocycles. The van der Waals surface area contributed by atoms with Crippen molar-refractivity contribution in [3.8, 4) is 0 Å². The molecule has 0 aliphatic rings. The van der Waals surface area contributed by atoms with Gasteiger partial charge in [-0.2, -0.15) is 8.42 Å². The molecule has 7 heavy (non-hydrogen) atoms. The molecule has 0 rings (SSSR count). The molecule has 0 atom stereocenters. The maximum Gasteiger partial charge on any atom is 0.423 e. The van der Waals surface area contributed by atoms with Crippen LogP contribution in [0.1, 0.15) is 0 Å². The molecule has 0 unspecified atom stereocenters. The van der Waals surface area contributed by atoms with Crippen molar-refractivity contribution in [2.24, 2.45) is 0 Å². The Morgan fingerprint density at radius 2 is 1.57 bits per heavy atom. The molecular formula is H2NaO5S. The van der Waals surface area contributed by atoms with Crippen LogP contribution in [0.4, 0.5) is 0 Å². The van der Waals surface area contributed by atoms with E-state index in [1.165, 1.54) is 0 Å². The van der Waals surface area contributed by atoms with Gasteiger partial charge in [0.1, 0.15) is 0 Å². The molecule has 7 heteroatoms. The van der Waals surface area contributed by atoms with E-state index in [0.29, 0.717) is 0 Å². The molecule has 5 nitrogen and oxygen atoms in total. The van der Waals surface area contributed by atoms with E-state index in [1.807, 2.05) is 0 Å². The summed E-state index contributed by atoms with van der Waals surface area (Å²) in [5.41, 5.74) is 0. The van der Waals surface area contributed by atoms with E-state index in [-0.39, 0.29) is 29.6 Å². The fraction of sp³-hybridized carbons (Fsp3) is 0. The van der Waals surface area contributed by atoms with Crippen LogP contribution in [0.5, 0.6) is 0 Å². The predicted molar refractivity (Wildman–Crippen MR) is 21.0 cm³/mol. The third kappa shape index (κ3) is 10.9. The van der Waals surface area contributed by atoms with Crippen LogP contribution in [-0.2, 0) is 14.7 Å². The summed E-state index contributed by atoms with van der Waals surface area (Å²) in [6.07, 6.45) is 0. The first-order valence-electron chi connectivity index (χ1n) is 0.865. The number of hydrogen-bond acceptors (Lipinski definition) is 4. The summed E-state index contributed by atoms with van der Waals surface area (Å²) in [5, 5.41) is 7.06. The van der Waals surface area contributed by atoms with Gasteiger partial charge in [0.2, 0.25) is 0 Å². The number of hydrogen-bond donors (Lipinski definition) is 2. The van der Waals surface area contributed by atoms with Gasteiger partial charge < -0.3 is 0 Å². The molecule has 0 amide bonds. The van der Waals surface area contributed by atoms with Gasteiger partial charge in [0.15, 0.2) is 0 Å². The second-order valence-electron chi connectivity index (χ2n) is 0.502. The van der Waals surface area contributed by atoms with Gasteiger partial charge in [-0.15, -0.1) is 0 Å². The summed E-state index contributed by atoms with van der Waals surface area (Å²) < 4.78 is 28.0. The Morgan fingerprint density at radius 3 is 1.57 bits per heavy atom. The molecule has 0 fully saturated rings. The Bertz CT molecular complexity index is 110. The zero-order valence-electron chi connectivity index (χ0n) is 3.53. The van der Waals surface area contributed by atoms with Crippen LogP contribution >= 0.6 is 0 Å². The summed E-state index contributed by atoms with van der Waals surface area (Å²) in [6.45, 7) is 0. The fourth-order valence-corrected chi connectivity index (χ4v) is 0. The van der Waals surface area contributed by atoms with Crippen molar-refractivity contribution in [1.82, 2.24) is 0 Å². The van der Waals surface area contributed by atoms with E-state index in [2.05, 4.69) is 4.33 Å². The zero-order chi connectivity index (χ0) is 5.21. The quantitative estimate of drug-likeness (QED) is 0.207. The summed E-state index contributed by atoms with van der Waals surface area (Å²) >= 11 is 0. The van der Waals surface area contributed by atoms with Gasteiger partial charge in [-0.05, 0) is 0 Å². The minimum absolute atomic E-state index is 0. The third-order valence-corrected chi connectivity index (χ3v) is 0.283. The molecule has 0 aromatic rings. The molecular weight excluding hydrogens is 135 g/mol. The minimum atomic E-state index is -4.61. The second kappa shape index (κ2) is 3.79. The van der Waals surface area contributed by atoms with Crippen molar-refractivity contribution >= 4 is 40.0 Å². The van der Waals surface area contributed by atoms with Gasteiger partial charge in [-0.3, -0.25) is 4.55 Å². The first-order chi connectivity index (χ1) is 2.56. The maximum absolute atomic E-state index is 9.08. The molecule has 1 radical (unpaired) electrons. The molecule has 0 saturated heterocycles. The van der Waals surface area contributed by atoms with Gasteiger partial charge in [0, 0.05) is 29.6 Å². The van der Waals surface area contributed by atoms with Crippen molar-refractivity contribution in [2.75, 3.05) is 0 Å². The van der Waals surface area contributed by atoms with Crippen molar-refractivity contribution in [3.05, 3.63) is 0 Å². The smallest absolute Gasteiger partial charge is 0.262 e. The average molecular weight is 137 g/mol. The van der Waals surface area contributed by atoms with E-state index in [4.69, 9.17) is 18.2 Å². The van der Waals surface area contributed by atoms with Gasteiger partial charge in [0.05, 0.1) is 0 Å². The molecule has 2 N–H and O–H groups in total. The van der Waals surface area contributed by atoms with Crippen molar-refractivity contribution < 1.29 is 22.6 Å². The predicted octanol–water partition coefficient (Wildman–Crippen LogP) is -1.10. The molecule has 0 bridgehead atoms. The van der Waals surface area contributed by atoms with Crippen LogP contribution in [0.15, 0.2) is 0 Å². The van der Waals surface area contributed by atoms with E-state index in [0.717, 1.165) is 0 Å². The Morgan fingerprint density at radius 1 is 1.43 bits per heavy atom. The average Bonchev–Trinajstić information content (AvgIpc) is 1.35. The molecule has 0 aliphatic carbocycles. The summed E-state index contributed by atoms with van der Waals surface area (Å²) in [7, 11) is -4.61. The molecule has 0 saturated carbocycles. The van der Waals surface area contributed by atoms with Crippen molar-refractivity contribution in [1.29, 1.82) is 0 Å². The van der Waals surface area contributed by atoms with Gasteiger partial charge in [0.25, 0.3) is 0 Å². The topological polar surface area (TPSA) is 83.8 Å². The summed E-state index contributed by atoms with van der Waals surface area (Å²) in [6, 6.07) is 0. The summed E-state index contributed by atoms with van der Waals surface area (Å²) in [4.78, 5) is 0. The van der Waals surface area contributed by atoms with Crippen LogP contribution in [0, 0.1) is 0 Å². The molecule has 0 aromatic heterocycles. The van der Waals surface area contributed by atoms with E-state index in [9.17, 15) is 0 Å². The van der Waals surface area contributed by atoms with E-state index in [1.54, 1.807) is 0 Å². The first-order valence-corrected chi connectivity index (χ1v) is 2.23. The van der Waals surface area contributed by atoms with Crippen LogP contribution < -0.4 is 0 Å². The van der Waals surface area contributed by atoms with Gasteiger partial charge >= 0.3 is 10.4 Å². The van der Waals surface area contributed by atoms with Crippen molar-refractivity contribution in [3.63, 3.8) is 0 Å². The van der Waals surface area contributed by atoms with Crippen LogP contribution in [-0.4, -0.2) is 47.8 Å². The normalized spacial score (nSPS) is 10.0. The molecule has 0 spiro atoms. The SMILES string of the molecule is O=S(=O)(O)OO.[Na]. The van der Waals surface area contributed by atoms with E-state index < -0.39 is 10.4 Å². The van der Waals surface area contributed by atoms with Crippen LogP contribution in [0.25, 0.3) is 0 Å². The molecule has 0 heterocycles.